The zero-order chi connectivity index (χ0) is 17.3. The zero-order valence-electron chi connectivity index (χ0n) is 12.4. The van der Waals surface area contributed by atoms with Crippen LogP contribution < -0.4 is 10.6 Å². The molecule has 0 bridgehead atoms. The molecule has 1 aliphatic rings. The van der Waals surface area contributed by atoms with E-state index in [2.05, 4.69) is 10.6 Å². The third-order valence-electron chi connectivity index (χ3n) is 3.92. The molecule has 1 fully saturated rings. The second-order valence-corrected chi connectivity index (χ2v) is 6.03. The minimum atomic E-state index is -1.31. The van der Waals surface area contributed by atoms with Crippen LogP contribution in [0.1, 0.15) is 12.8 Å². The van der Waals surface area contributed by atoms with E-state index in [1.165, 1.54) is 6.07 Å². The predicted octanol–water partition coefficient (Wildman–Crippen LogP) is 3.98. The van der Waals surface area contributed by atoms with Gasteiger partial charge in [-0.1, -0.05) is 17.7 Å². The smallest absolute Gasteiger partial charge is 0.240 e. The lowest BCUT2D eigenvalue weighted by Crippen LogP contribution is -2.36. The van der Waals surface area contributed by atoms with E-state index in [9.17, 15) is 18.4 Å². The van der Waals surface area contributed by atoms with E-state index in [0.29, 0.717) is 23.6 Å². The van der Waals surface area contributed by atoms with Gasteiger partial charge in [0.25, 0.3) is 0 Å². The Bertz CT molecular complexity index is 784. The fourth-order valence-electron chi connectivity index (χ4n) is 2.32. The SMILES string of the molecule is O=C(Nc1ccc(Cl)cc1)C1(C(=O)Nc2c(F)cccc2F)CC1. The van der Waals surface area contributed by atoms with Crippen LogP contribution in [0.2, 0.25) is 5.02 Å². The molecule has 1 saturated carbocycles. The van der Waals surface area contributed by atoms with Gasteiger partial charge in [-0.05, 0) is 49.2 Å². The van der Waals surface area contributed by atoms with Gasteiger partial charge in [-0.3, -0.25) is 9.59 Å². The highest BCUT2D eigenvalue weighted by Gasteiger charge is 2.56. The molecule has 24 heavy (non-hydrogen) atoms. The molecule has 0 heterocycles. The van der Waals surface area contributed by atoms with Gasteiger partial charge in [-0.25, -0.2) is 8.78 Å². The molecule has 2 amide bonds. The Morgan fingerprint density at radius 2 is 1.46 bits per heavy atom. The van der Waals surface area contributed by atoms with Crippen LogP contribution in [0, 0.1) is 17.0 Å². The Morgan fingerprint density at radius 1 is 0.917 bits per heavy atom. The molecular formula is C17H13ClF2N2O2. The van der Waals surface area contributed by atoms with Crippen LogP contribution in [-0.4, -0.2) is 11.8 Å². The predicted molar refractivity (Wildman–Crippen MR) is 86.7 cm³/mol. The van der Waals surface area contributed by atoms with Crippen molar-refractivity contribution < 1.29 is 18.4 Å². The highest BCUT2D eigenvalue weighted by Crippen LogP contribution is 2.47. The van der Waals surface area contributed by atoms with E-state index in [1.807, 2.05) is 0 Å². The number of carbonyl (C=O) groups is 2. The normalized spacial score (nSPS) is 14.8. The molecule has 0 spiro atoms. The number of rotatable bonds is 4. The van der Waals surface area contributed by atoms with Gasteiger partial charge >= 0.3 is 0 Å². The summed E-state index contributed by atoms with van der Waals surface area (Å²) in [4.78, 5) is 24.8. The zero-order valence-corrected chi connectivity index (χ0v) is 13.2. The fraction of sp³-hybridized carbons (Fsp3) is 0.176. The van der Waals surface area contributed by atoms with Gasteiger partial charge in [0, 0.05) is 10.7 Å². The lowest BCUT2D eigenvalue weighted by atomic mass is 10.0. The Kier molecular flexibility index (Phi) is 4.24. The number of para-hydroxylation sites is 1. The molecular weight excluding hydrogens is 338 g/mol. The number of amides is 2. The van der Waals surface area contributed by atoms with Crippen molar-refractivity contribution in [3.8, 4) is 0 Å². The highest BCUT2D eigenvalue weighted by atomic mass is 35.5. The van der Waals surface area contributed by atoms with Gasteiger partial charge in [0.1, 0.15) is 22.7 Å². The van der Waals surface area contributed by atoms with Crippen molar-refractivity contribution in [2.45, 2.75) is 12.8 Å². The van der Waals surface area contributed by atoms with Gasteiger partial charge in [0.05, 0.1) is 0 Å². The van der Waals surface area contributed by atoms with Gasteiger partial charge in [-0.15, -0.1) is 0 Å². The summed E-state index contributed by atoms with van der Waals surface area (Å²) in [5.41, 5.74) is -1.37. The third kappa shape index (κ3) is 3.10. The first-order valence-corrected chi connectivity index (χ1v) is 7.63. The molecule has 4 nitrogen and oxygen atoms in total. The molecule has 3 rings (SSSR count). The quantitative estimate of drug-likeness (QED) is 0.819. The van der Waals surface area contributed by atoms with E-state index in [1.54, 1.807) is 24.3 Å². The second-order valence-electron chi connectivity index (χ2n) is 5.59. The van der Waals surface area contributed by atoms with Crippen molar-refractivity contribution >= 4 is 34.8 Å². The standard InChI is InChI=1S/C17H13ClF2N2O2/c18-10-4-6-11(7-5-10)21-15(23)17(8-9-17)16(24)22-14-12(19)2-1-3-13(14)20/h1-7H,8-9H2,(H,21,23)(H,22,24). The molecule has 1 aliphatic carbocycles. The molecule has 0 saturated heterocycles. The minimum absolute atomic E-state index is 0.314. The maximum absolute atomic E-state index is 13.6. The molecule has 2 N–H and O–H groups in total. The molecule has 124 valence electrons. The largest absolute Gasteiger partial charge is 0.325 e. The van der Waals surface area contributed by atoms with Crippen LogP contribution in [-0.2, 0) is 9.59 Å². The summed E-state index contributed by atoms with van der Waals surface area (Å²) >= 11 is 5.77. The average molecular weight is 351 g/mol. The molecule has 0 unspecified atom stereocenters. The molecule has 2 aromatic rings. The van der Waals surface area contributed by atoms with E-state index >= 15 is 0 Å². The Morgan fingerprint density at radius 3 is 2.00 bits per heavy atom. The summed E-state index contributed by atoms with van der Waals surface area (Å²) in [6.45, 7) is 0. The molecule has 2 aromatic carbocycles. The Labute approximate surface area is 141 Å². The maximum atomic E-state index is 13.6. The van der Waals surface area contributed by atoms with Crippen molar-refractivity contribution in [1.82, 2.24) is 0 Å². The van der Waals surface area contributed by atoms with Crippen molar-refractivity contribution in [2.24, 2.45) is 5.41 Å². The number of benzene rings is 2. The summed E-state index contributed by atoms with van der Waals surface area (Å²) in [5.74, 6) is -3.02. The van der Waals surface area contributed by atoms with Crippen molar-refractivity contribution in [3.63, 3.8) is 0 Å². The van der Waals surface area contributed by atoms with Crippen molar-refractivity contribution in [1.29, 1.82) is 0 Å². The number of halogens is 3. The summed E-state index contributed by atoms with van der Waals surface area (Å²) in [6, 6.07) is 9.67. The van der Waals surface area contributed by atoms with E-state index in [4.69, 9.17) is 11.6 Å². The summed E-state index contributed by atoms with van der Waals surface area (Å²) in [7, 11) is 0. The second kappa shape index (κ2) is 6.20. The molecule has 0 radical (unpaired) electrons. The average Bonchev–Trinajstić information content (AvgIpc) is 3.35. The lowest BCUT2D eigenvalue weighted by Gasteiger charge is -2.16. The van der Waals surface area contributed by atoms with Crippen LogP contribution in [0.15, 0.2) is 42.5 Å². The van der Waals surface area contributed by atoms with Crippen LogP contribution in [0.4, 0.5) is 20.2 Å². The number of hydrogen-bond acceptors (Lipinski definition) is 2. The Hall–Kier alpha value is -2.47. The number of anilines is 2. The molecule has 7 heteroatoms. The molecule has 0 aliphatic heterocycles. The van der Waals surface area contributed by atoms with Gasteiger partial charge < -0.3 is 10.6 Å². The van der Waals surface area contributed by atoms with Crippen molar-refractivity contribution in [3.05, 3.63) is 59.1 Å². The van der Waals surface area contributed by atoms with Crippen LogP contribution >= 0.6 is 11.6 Å². The van der Waals surface area contributed by atoms with Crippen LogP contribution in [0.5, 0.6) is 0 Å². The monoisotopic (exact) mass is 350 g/mol. The van der Waals surface area contributed by atoms with Gasteiger partial charge in [0.15, 0.2) is 0 Å². The van der Waals surface area contributed by atoms with Crippen LogP contribution in [0.25, 0.3) is 0 Å². The lowest BCUT2D eigenvalue weighted by molar-refractivity contribution is -0.131. The maximum Gasteiger partial charge on any atom is 0.240 e. The Balaban J connectivity index is 1.74. The topological polar surface area (TPSA) is 58.2 Å². The number of carbonyl (C=O) groups excluding carboxylic acids is 2. The summed E-state index contributed by atoms with van der Waals surface area (Å²) < 4.78 is 27.3. The first-order chi connectivity index (χ1) is 11.4. The van der Waals surface area contributed by atoms with E-state index in [0.717, 1.165) is 12.1 Å². The molecule has 0 atom stereocenters. The van der Waals surface area contributed by atoms with E-state index in [-0.39, 0.29) is 0 Å². The fourth-order valence-corrected chi connectivity index (χ4v) is 2.44. The van der Waals surface area contributed by atoms with Gasteiger partial charge in [-0.2, -0.15) is 0 Å². The first-order valence-electron chi connectivity index (χ1n) is 7.25. The number of nitrogens with one attached hydrogen (secondary N) is 2. The van der Waals surface area contributed by atoms with Gasteiger partial charge in [0.2, 0.25) is 11.8 Å². The third-order valence-corrected chi connectivity index (χ3v) is 4.17. The summed E-state index contributed by atoms with van der Waals surface area (Å²) in [5, 5.41) is 5.32. The van der Waals surface area contributed by atoms with E-state index < -0.39 is 34.6 Å². The first kappa shape index (κ1) is 16.4. The summed E-state index contributed by atoms with van der Waals surface area (Å²) in [6.07, 6.45) is 0.628. The number of hydrogen-bond donors (Lipinski definition) is 2. The highest BCUT2D eigenvalue weighted by molar-refractivity contribution is 6.30. The molecule has 0 aromatic heterocycles. The minimum Gasteiger partial charge on any atom is -0.325 e. The van der Waals surface area contributed by atoms with Crippen molar-refractivity contribution in [2.75, 3.05) is 10.6 Å². The van der Waals surface area contributed by atoms with Crippen LogP contribution in [0.3, 0.4) is 0 Å².